The fraction of sp³-hybridized carbons (Fsp3) is 0.417. The summed E-state index contributed by atoms with van der Waals surface area (Å²) in [5.41, 5.74) is 3.73. The molecule has 31 heavy (non-hydrogen) atoms. The number of nitrogens with zero attached hydrogens (tertiary/aromatic N) is 2. The van der Waals surface area contributed by atoms with Crippen LogP contribution < -0.4 is 15.6 Å². The molecule has 2 N–H and O–H groups in total. The first-order valence-corrected chi connectivity index (χ1v) is 10.9. The van der Waals surface area contributed by atoms with E-state index in [4.69, 9.17) is 4.74 Å². The van der Waals surface area contributed by atoms with Gasteiger partial charge in [-0.3, -0.25) is 9.59 Å². The standard InChI is InChI=1S/C24H28N4O3/c1-15-19-11-18(31-2)6-7-20(19)26-23(15)24(30)25-8-9-27-12-16-10-17(14-27)21-4-3-5-22(29)28(21)13-16/h3-7,11,16-17,26H,8-10,12-14H2,1-2H3,(H,25,30). The third kappa shape index (κ3) is 3.63. The van der Waals surface area contributed by atoms with E-state index in [0.717, 1.165) is 60.5 Å². The zero-order chi connectivity index (χ0) is 21.5. The smallest absolute Gasteiger partial charge is 0.268 e. The molecule has 162 valence electrons. The number of benzene rings is 1. The molecule has 0 saturated carbocycles. The number of rotatable bonds is 5. The molecule has 1 saturated heterocycles. The first kappa shape index (κ1) is 19.9. The van der Waals surface area contributed by atoms with Crippen LogP contribution in [0.1, 0.15) is 34.1 Å². The number of fused-ring (bicyclic) bond motifs is 5. The van der Waals surface area contributed by atoms with E-state index in [-0.39, 0.29) is 11.5 Å². The molecule has 7 heteroatoms. The third-order valence-electron chi connectivity index (χ3n) is 6.76. The topological polar surface area (TPSA) is 79.4 Å². The van der Waals surface area contributed by atoms with Crippen LogP contribution in [0.2, 0.25) is 0 Å². The molecule has 1 aromatic carbocycles. The van der Waals surface area contributed by atoms with Crippen molar-refractivity contribution in [3.63, 3.8) is 0 Å². The fourth-order valence-corrected chi connectivity index (χ4v) is 5.25. The van der Waals surface area contributed by atoms with Gasteiger partial charge in [-0.25, -0.2) is 0 Å². The Kier molecular flexibility index (Phi) is 5.06. The van der Waals surface area contributed by atoms with Gasteiger partial charge in [-0.15, -0.1) is 0 Å². The van der Waals surface area contributed by atoms with E-state index >= 15 is 0 Å². The number of aromatic nitrogens is 2. The molecule has 2 unspecified atom stereocenters. The first-order valence-electron chi connectivity index (χ1n) is 10.9. The minimum absolute atomic E-state index is 0.0817. The van der Waals surface area contributed by atoms with E-state index in [1.54, 1.807) is 13.2 Å². The molecule has 1 fully saturated rings. The number of carbonyl (C=O) groups excluding carboxylic acids is 1. The lowest BCUT2D eigenvalue weighted by Gasteiger charge is -2.42. The van der Waals surface area contributed by atoms with Crippen molar-refractivity contribution in [2.24, 2.45) is 5.92 Å². The lowest BCUT2D eigenvalue weighted by Crippen LogP contribution is -2.48. The fourth-order valence-electron chi connectivity index (χ4n) is 5.25. The normalized spacial score (nSPS) is 20.5. The zero-order valence-electron chi connectivity index (χ0n) is 18.0. The van der Waals surface area contributed by atoms with Crippen LogP contribution in [-0.4, -0.2) is 53.6 Å². The Morgan fingerprint density at radius 3 is 2.94 bits per heavy atom. The van der Waals surface area contributed by atoms with Gasteiger partial charge in [0.05, 0.1) is 7.11 Å². The summed E-state index contributed by atoms with van der Waals surface area (Å²) in [4.78, 5) is 30.6. The molecular formula is C24H28N4O3. The number of nitrogens with one attached hydrogen (secondary N) is 2. The number of carbonyl (C=O) groups is 1. The third-order valence-corrected chi connectivity index (χ3v) is 6.76. The Balaban J connectivity index is 1.22. The number of piperidine rings is 1. The predicted molar refractivity (Wildman–Crippen MR) is 120 cm³/mol. The largest absolute Gasteiger partial charge is 0.497 e. The number of aryl methyl sites for hydroxylation is 1. The Morgan fingerprint density at radius 1 is 1.23 bits per heavy atom. The zero-order valence-corrected chi connectivity index (χ0v) is 18.0. The number of ether oxygens (including phenoxy) is 1. The van der Waals surface area contributed by atoms with Crippen molar-refractivity contribution in [3.8, 4) is 5.75 Å². The molecule has 0 aliphatic carbocycles. The van der Waals surface area contributed by atoms with E-state index < -0.39 is 0 Å². The highest BCUT2D eigenvalue weighted by molar-refractivity contribution is 6.01. The first-order chi connectivity index (χ1) is 15.0. The molecule has 0 radical (unpaired) electrons. The number of amides is 1. The number of hydrogen-bond acceptors (Lipinski definition) is 4. The summed E-state index contributed by atoms with van der Waals surface area (Å²) in [5, 5.41) is 4.07. The van der Waals surface area contributed by atoms with E-state index in [1.807, 2.05) is 35.8 Å². The van der Waals surface area contributed by atoms with Crippen LogP contribution in [0.25, 0.3) is 10.9 Å². The molecule has 1 amide bonds. The number of likely N-dealkylation sites (tertiary alicyclic amines) is 1. The quantitative estimate of drug-likeness (QED) is 0.665. The average Bonchev–Trinajstić information content (AvgIpc) is 3.10. The maximum absolute atomic E-state index is 12.8. The summed E-state index contributed by atoms with van der Waals surface area (Å²) in [7, 11) is 1.64. The van der Waals surface area contributed by atoms with Crippen molar-refractivity contribution in [2.75, 3.05) is 33.3 Å². The van der Waals surface area contributed by atoms with E-state index in [1.165, 1.54) is 0 Å². The highest BCUT2D eigenvalue weighted by atomic mass is 16.5. The van der Waals surface area contributed by atoms with Gasteiger partial charge in [-0.05, 0) is 49.1 Å². The molecule has 3 aromatic rings. The molecule has 5 rings (SSSR count). The second-order valence-corrected chi connectivity index (χ2v) is 8.75. The summed E-state index contributed by atoms with van der Waals surface area (Å²) in [6, 6.07) is 11.4. The second kappa shape index (κ2) is 7.89. The van der Waals surface area contributed by atoms with Crippen molar-refractivity contribution < 1.29 is 9.53 Å². The molecule has 2 atom stereocenters. The molecule has 2 aromatic heterocycles. The van der Waals surface area contributed by atoms with Gasteiger partial charge in [-0.1, -0.05) is 6.07 Å². The van der Waals surface area contributed by atoms with Crippen molar-refractivity contribution >= 4 is 16.8 Å². The van der Waals surface area contributed by atoms with Crippen LogP contribution in [0.4, 0.5) is 0 Å². The molecule has 7 nitrogen and oxygen atoms in total. The highest BCUT2D eigenvalue weighted by Gasteiger charge is 2.34. The summed E-state index contributed by atoms with van der Waals surface area (Å²) in [6.07, 6.45) is 1.14. The van der Waals surface area contributed by atoms with Crippen LogP contribution in [-0.2, 0) is 6.54 Å². The van der Waals surface area contributed by atoms with Gasteiger partial charge in [0.1, 0.15) is 11.4 Å². The van der Waals surface area contributed by atoms with Gasteiger partial charge >= 0.3 is 0 Å². The molecule has 2 bridgehead atoms. The number of pyridine rings is 1. The molecule has 0 spiro atoms. The number of methoxy groups -OCH3 is 1. The molecule has 2 aliphatic rings. The maximum Gasteiger partial charge on any atom is 0.268 e. The Morgan fingerprint density at radius 2 is 2.10 bits per heavy atom. The van der Waals surface area contributed by atoms with Crippen LogP contribution in [0.5, 0.6) is 5.75 Å². The van der Waals surface area contributed by atoms with Crippen LogP contribution in [0.15, 0.2) is 41.2 Å². The minimum Gasteiger partial charge on any atom is -0.497 e. The van der Waals surface area contributed by atoms with Crippen molar-refractivity contribution in [1.82, 2.24) is 19.8 Å². The monoisotopic (exact) mass is 420 g/mol. The summed E-state index contributed by atoms with van der Waals surface area (Å²) < 4.78 is 7.25. The molecule has 4 heterocycles. The van der Waals surface area contributed by atoms with E-state index in [0.29, 0.717) is 24.1 Å². The Labute approximate surface area is 181 Å². The van der Waals surface area contributed by atoms with Crippen LogP contribution >= 0.6 is 0 Å². The number of aromatic amines is 1. The Bertz CT molecular complexity index is 1200. The Hall–Kier alpha value is -3.06. The summed E-state index contributed by atoms with van der Waals surface area (Å²) in [5.74, 6) is 1.58. The summed E-state index contributed by atoms with van der Waals surface area (Å²) in [6.45, 7) is 6.06. The van der Waals surface area contributed by atoms with Gasteiger partial charge < -0.3 is 24.5 Å². The predicted octanol–water partition coefficient (Wildman–Crippen LogP) is 2.50. The van der Waals surface area contributed by atoms with Crippen molar-refractivity contribution in [1.29, 1.82) is 0 Å². The summed E-state index contributed by atoms with van der Waals surface area (Å²) >= 11 is 0. The van der Waals surface area contributed by atoms with Crippen LogP contribution in [0, 0.1) is 12.8 Å². The number of H-pyrrole nitrogens is 1. The van der Waals surface area contributed by atoms with Gasteiger partial charge in [-0.2, -0.15) is 0 Å². The van der Waals surface area contributed by atoms with Crippen molar-refractivity contribution in [2.45, 2.75) is 25.8 Å². The second-order valence-electron chi connectivity index (χ2n) is 8.75. The van der Waals surface area contributed by atoms with Gasteiger partial charge in [0.25, 0.3) is 11.5 Å². The minimum atomic E-state index is -0.0817. The van der Waals surface area contributed by atoms with Crippen LogP contribution in [0.3, 0.4) is 0 Å². The average molecular weight is 421 g/mol. The lowest BCUT2D eigenvalue weighted by molar-refractivity contribution is 0.0923. The van der Waals surface area contributed by atoms with E-state index in [2.05, 4.69) is 21.3 Å². The van der Waals surface area contributed by atoms with E-state index in [9.17, 15) is 9.59 Å². The van der Waals surface area contributed by atoms with Crippen molar-refractivity contribution in [3.05, 3.63) is 63.7 Å². The highest BCUT2D eigenvalue weighted by Crippen LogP contribution is 2.34. The van der Waals surface area contributed by atoms with Gasteiger partial charge in [0, 0.05) is 61.3 Å². The maximum atomic E-state index is 12.8. The van der Waals surface area contributed by atoms with Gasteiger partial charge in [0.2, 0.25) is 0 Å². The van der Waals surface area contributed by atoms with Gasteiger partial charge in [0.15, 0.2) is 0 Å². The lowest BCUT2D eigenvalue weighted by atomic mass is 9.83. The molecule has 2 aliphatic heterocycles. The number of hydrogen-bond donors (Lipinski definition) is 2. The SMILES string of the molecule is COc1ccc2[nH]c(C(=O)NCCN3CC4CC(C3)c3cccc(=O)n3C4)c(C)c2c1. The molecular weight excluding hydrogens is 392 g/mol.